The SMILES string of the molecule is C=CC(CCC1CC(CCC)C(C)SCC1C)CC(C=C)SC. The van der Waals surface area contributed by atoms with Crippen LogP contribution in [0.15, 0.2) is 25.3 Å². The van der Waals surface area contributed by atoms with E-state index in [4.69, 9.17) is 0 Å². The number of thioether (sulfide) groups is 2. The summed E-state index contributed by atoms with van der Waals surface area (Å²) < 4.78 is 0. The molecule has 6 atom stereocenters. The summed E-state index contributed by atoms with van der Waals surface area (Å²) in [5.41, 5.74) is 0. The Kier molecular flexibility index (Phi) is 10.8. The molecule has 0 nitrogen and oxygen atoms in total. The molecular formula is C21H38S2. The van der Waals surface area contributed by atoms with Crippen molar-refractivity contribution in [2.24, 2.45) is 23.7 Å². The van der Waals surface area contributed by atoms with Crippen LogP contribution in [0.5, 0.6) is 0 Å². The van der Waals surface area contributed by atoms with Gasteiger partial charge in [0.2, 0.25) is 0 Å². The van der Waals surface area contributed by atoms with Crippen LogP contribution in [-0.2, 0) is 0 Å². The Labute approximate surface area is 154 Å². The van der Waals surface area contributed by atoms with Gasteiger partial charge in [0.05, 0.1) is 0 Å². The van der Waals surface area contributed by atoms with Crippen LogP contribution >= 0.6 is 23.5 Å². The molecule has 6 unspecified atom stereocenters. The van der Waals surface area contributed by atoms with Crippen LogP contribution in [0.3, 0.4) is 0 Å². The molecule has 0 N–H and O–H groups in total. The van der Waals surface area contributed by atoms with Crippen molar-refractivity contribution < 1.29 is 0 Å². The fraction of sp³-hybridized carbons (Fsp3) is 0.810. The Balaban J connectivity index is 2.57. The molecule has 1 rings (SSSR count). The lowest BCUT2D eigenvalue weighted by atomic mass is 9.79. The quantitative estimate of drug-likeness (QED) is 0.385. The highest BCUT2D eigenvalue weighted by Gasteiger charge is 2.29. The summed E-state index contributed by atoms with van der Waals surface area (Å²) in [6.45, 7) is 15.3. The lowest BCUT2D eigenvalue weighted by Crippen LogP contribution is -2.19. The molecule has 23 heavy (non-hydrogen) atoms. The molecule has 1 fully saturated rings. The Morgan fingerprint density at radius 3 is 2.48 bits per heavy atom. The Morgan fingerprint density at radius 2 is 1.91 bits per heavy atom. The zero-order valence-corrected chi connectivity index (χ0v) is 17.4. The second-order valence-corrected chi connectivity index (χ2v) is 9.87. The Hall–Kier alpha value is 0.180. The molecule has 0 amide bonds. The maximum atomic E-state index is 4.09. The van der Waals surface area contributed by atoms with E-state index in [0.717, 1.165) is 23.0 Å². The van der Waals surface area contributed by atoms with Gasteiger partial charge in [-0.05, 0) is 67.8 Å². The van der Waals surface area contributed by atoms with Gasteiger partial charge in [0.15, 0.2) is 0 Å². The molecule has 0 aliphatic carbocycles. The van der Waals surface area contributed by atoms with E-state index >= 15 is 0 Å². The first-order valence-corrected chi connectivity index (χ1v) is 11.8. The molecule has 0 saturated carbocycles. The first kappa shape index (κ1) is 21.2. The van der Waals surface area contributed by atoms with Crippen molar-refractivity contribution in [1.82, 2.24) is 0 Å². The third-order valence-electron chi connectivity index (χ3n) is 5.70. The Bertz CT molecular complexity index is 339. The second-order valence-electron chi connectivity index (χ2n) is 7.38. The van der Waals surface area contributed by atoms with Crippen LogP contribution in [0.2, 0.25) is 0 Å². The molecule has 1 aliphatic rings. The molecule has 1 saturated heterocycles. The van der Waals surface area contributed by atoms with E-state index in [1.807, 2.05) is 11.8 Å². The van der Waals surface area contributed by atoms with E-state index in [2.05, 4.69) is 64.1 Å². The minimum atomic E-state index is 0.577. The molecular weight excluding hydrogens is 316 g/mol. The maximum Gasteiger partial charge on any atom is 0.0227 e. The van der Waals surface area contributed by atoms with E-state index in [9.17, 15) is 0 Å². The summed E-state index contributed by atoms with van der Waals surface area (Å²) in [5, 5.41) is 1.42. The Morgan fingerprint density at radius 1 is 1.17 bits per heavy atom. The molecule has 0 bridgehead atoms. The molecule has 134 valence electrons. The zero-order chi connectivity index (χ0) is 17.2. The van der Waals surface area contributed by atoms with Crippen molar-refractivity contribution >= 4 is 23.5 Å². The van der Waals surface area contributed by atoms with Crippen LogP contribution in [0.4, 0.5) is 0 Å². The highest BCUT2D eigenvalue weighted by Crippen LogP contribution is 2.40. The first-order chi connectivity index (χ1) is 11.0. The number of hydrogen-bond donors (Lipinski definition) is 0. The monoisotopic (exact) mass is 354 g/mol. The normalized spacial score (nSPS) is 31.1. The van der Waals surface area contributed by atoms with Gasteiger partial charge in [-0.25, -0.2) is 0 Å². The smallest absolute Gasteiger partial charge is 0.0227 e. The van der Waals surface area contributed by atoms with Gasteiger partial charge in [-0.15, -0.1) is 13.2 Å². The molecule has 1 aliphatic heterocycles. The van der Waals surface area contributed by atoms with Crippen molar-refractivity contribution in [2.45, 2.75) is 69.8 Å². The lowest BCUT2D eigenvalue weighted by molar-refractivity contribution is 0.266. The summed E-state index contributed by atoms with van der Waals surface area (Å²) in [5.74, 6) is 4.70. The lowest BCUT2D eigenvalue weighted by Gasteiger charge is -2.27. The van der Waals surface area contributed by atoms with Gasteiger partial charge in [0.1, 0.15) is 0 Å². The first-order valence-electron chi connectivity index (χ1n) is 9.45. The van der Waals surface area contributed by atoms with Gasteiger partial charge in [-0.2, -0.15) is 23.5 Å². The van der Waals surface area contributed by atoms with Crippen LogP contribution in [0.25, 0.3) is 0 Å². The van der Waals surface area contributed by atoms with Crippen LogP contribution in [-0.4, -0.2) is 22.5 Å². The van der Waals surface area contributed by atoms with Gasteiger partial charge < -0.3 is 0 Å². The van der Waals surface area contributed by atoms with Crippen LogP contribution < -0.4 is 0 Å². The minimum Gasteiger partial charge on any atom is -0.158 e. The molecule has 0 aromatic heterocycles. The summed E-state index contributed by atoms with van der Waals surface area (Å²) in [7, 11) is 0. The van der Waals surface area contributed by atoms with Crippen molar-refractivity contribution in [3.8, 4) is 0 Å². The fourth-order valence-corrected chi connectivity index (χ4v) is 5.89. The molecule has 0 spiro atoms. The van der Waals surface area contributed by atoms with Crippen LogP contribution in [0.1, 0.15) is 59.3 Å². The molecule has 0 aromatic rings. The van der Waals surface area contributed by atoms with E-state index in [1.54, 1.807) is 0 Å². The summed E-state index contributed by atoms with van der Waals surface area (Å²) in [4.78, 5) is 0. The molecule has 0 radical (unpaired) electrons. The maximum absolute atomic E-state index is 4.09. The predicted molar refractivity (Wildman–Crippen MR) is 113 cm³/mol. The largest absolute Gasteiger partial charge is 0.158 e. The second kappa shape index (κ2) is 11.7. The molecule has 2 heteroatoms. The van der Waals surface area contributed by atoms with Crippen molar-refractivity contribution in [3.63, 3.8) is 0 Å². The van der Waals surface area contributed by atoms with Gasteiger partial charge in [-0.1, -0.05) is 39.3 Å². The van der Waals surface area contributed by atoms with Gasteiger partial charge in [0, 0.05) is 10.5 Å². The average molecular weight is 355 g/mol. The summed E-state index contributed by atoms with van der Waals surface area (Å²) >= 11 is 4.14. The molecule has 1 heterocycles. The fourth-order valence-electron chi connectivity index (χ4n) is 3.86. The minimum absolute atomic E-state index is 0.577. The van der Waals surface area contributed by atoms with Crippen molar-refractivity contribution in [3.05, 3.63) is 25.3 Å². The van der Waals surface area contributed by atoms with Gasteiger partial charge in [-0.3, -0.25) is 0 Å². The van der Waals surface area contributed by atoms with Gasteiger partial charge >= 0.3 is 0 Å². The van der Waals surface area contributed by atoms with Crippen LogP contribution in [0, 0.1) is 23.7 Å². The third-order valence-corrected chi connectivity index (χ3v) is 8.32. The standard InChI is InChI=1S/C21H38S2/c1-7-10-20-14-19(16(4)15-23-17(20)5)12-11-18(8-2)13-21(9-3)22-6/h8-9,16-21H,2-3,7,10-15H2,1,4-6H3. The number of rotatable bonds is 10. The van der Waals surface area contributed by atoms with Gasteiger partial charge in [0.25, 0.3) is 0 Å². The van der Waals surface area contributed by atoms with E-state index in [1.165, 1.54) is 44.3 Å². The molecule has 0 aromatic carbocycles. The third kappa shape index (κ3) is 7.30. The van der Waals surface area contributed by atoms with Crippen molar-refractivity contribution in [1.29, 1.82) is 0 Å². The number of allylic oxidation sites excluding steroid dienone is 1. The summed E-state index contributed by atoms with van der Waals surface area (Å²) in [6, 6.07) is 0. The highest BCUT2D eigenvalue weighted by atomic mass is 32.2. The van der Waals surface area contributed by atoms with E-state index in [-0.39, 0.29) is 0 Å². The van der Waals surface area contributed by atoms with Crippen molar-refractivity contribution in [2.75, 3.05) is 12.0 Å². The van der Waals surface area contributed by atoms with E-state index < -0.39 is 0 Å². The topological polar surface area (TPSA) is 0 Å². The number of hydrogen-bond acceptors (Lipinski definition) is 2. The average Bonchev–Trinajstić information content (AvgIpc) is 2.69. The predicted octanol–water partition coefficient (Wildman–Crippen LogP) is 7.07. The summed E-state index contributed by atoms with van der Waals surface area (Å²) in [6.07, 6.45) is 14.6. The van der Waals surface area contributed by atoms with E-state index in [0.29, 0.717) is 11.2 Å². The highest BCUT2D eigenvalue weighted by molar-refractivity contribution is 8.00. The zero-order valence-electron chi connectivity index (χ0n) is 15.8.